The summed E-state index contributed by atoms with van der Waals surface area (Å²) in [7, 11) is 0. The van der Waals surface area contributed by atoms with Gasteiger partial charge in [-0.05, 0) is 36.6 Å². The molecule has 2 nitrogen and oxygen atoms in total. The molecule has 0 saturated carbocycles. The third kappa shape index (κ3) is 6.69. The second-order valence-electron chi connectivity index (χ2n) is 4.32. The average Bonchev–Trinajstić information content (AvgIpc) is 2.80. The highest BCUT2D eigenvalue weighted by molar-refractivity contribution is 7.09. The monoisotopic (exact) mass is 273 g/mol. The zero-order chi connectivity index (χ0) is 12.5. The molecular formula is C13H20ClNOS. The van der Waals surface area contributed by atoms with Crippen molar-refractivity contribution in [3.05, 3.63) is 22.4 Å². The van der Waals surface area contributed by atoms with Gasteiger partial charge in [0.05, 0.1) is 0 Å². The Morgan fingerprint density at radius 3 is 3.06 bits per heavy atom. The van der Waals surface area contributed by atoms with Gasteiger partial charge in [0, 0.05) is 23.7 Å². The molecule has 17 heavy (non-hydrogen) atoms. The van der Waals surface area contributed by atoms with Crippen LogP contribution in [0.1, 0.15) is 31.1 Å². The molecule has 0 radical (unpaired) electrons. The van der Waals surface area contributed by atoms with Crippen molar-refractivity contribution in [2.75, 3.05) is 12.4 Å². The summed E-state index contributed by atoms with van der Waals surface area (Å²) in [6.45, 7) is 2.85. The van der Waals surface area contributed by atoms with Crippen LogP contribution in [0.3, 0.4) is 0 Å². The van der Waals surface area contributed by atoms with Gasteiger partial charge in [0.2, 0.25) is 5.91 Å². The molecule has 0 aliphatic heterocycles. The fourth-order valence-corrected chi connectivity index (χ4v) is 2.67. The molecule has 0 aliphatic rings. The van der Waals surface area contributed by atoms with Crippen molar-refractivity contribution in [3.63, 3.8) is 0 Å². The molecule has 0 saturated heterocycles. The van der Waals surface area contributed by atoms with Gasteiger partial charge in [-0.25, -0.2) is 0 Å². The first kappa shape index (κ1) is 14.5. The van der Waals surface area contributed by atoms with Crippen molar-refractivity contribution in [2.45, 2.75) is 32.6 Å². The molecule has 4 heteroatoms. The summed E-state index contributed by atoms with van der Waals surface area (Å²) < 4.78 is 0. The number of aryl methyl sites for hydroxylation is 1. The lowest BCUT2D eigenvalue weighted by Crippen LogP contribution is -2.28. The second-order valence-corrected chi connectivity index (χ2v) is 5.73. The first-order valence-corrected chi connectivity index (χ1v) is 7.49. The number of nitrogens with one attached hydrogen (secondary N) is 1. The van der Waals surface area contributed by atoms with Crippen molar-refractivity contribution < 1.29 is 4.79 Å². The molecule has 1 unspecified atom stereocenters. The van der Waals surface area contributed by atoms with Gasteiger partial charge in [-0.1, -0.05) is 13.0 Å². The largest absolute Gasteiger partial charge is 0.356 e. The van der Waals surface area contributed by atoms with E-state index < -0.39 is 0 Å². The van der Waals surface area contributed by atoms with Crippen LogP contribution in [-0.4, -0.2) is 18.3 Å². The van der Waals surface area contributed by atoms with Gasteiger partial charge in [0.25, 0.3) is 0 Å². The van der Waals surface area contributed by atoms with Crippen molar-refractivity contribution >= 4 is 28.8 Å². The van der Waals surface area contributed by atoms with E-state index in [0.29, 0.717) is 18.2 Å². The molecule has 1 amide bonds. The van der Waals surface area contributed by atoms with Crippen molar-refractivity contribution in [1.29, 1.82) is 0 Å². The lowest BCUT2D eigenvalue weighted by molar-refractivity contribution is -0.121. The summed E-state index contributed by atoms with van der Waals surface area (Å²) >= 11 is 7.39. The van der Waals surface area contributed by atoms with Crippen LogP contribution in [0.4, 0.5) is 0 Å². The molecule has 1 atom stereocenters. The van der Waals surface area contributed by atoms with Gasteiger partial charge >= 0.3 is 0 Å². The molecule has 1 rings (SSSR count). The fourth-order valence-electron chi connectivity index (χ4n) is 1.54. The minimum Gasteiger partial charge on any atom is -0.356 e. The number of thiophene rings is 1. The Hall–Kier alpha value is -0.540. The quantitative estimate of drug-likeness (QED) is 0.722. The van der Waals surface area contributed by atoms with Crippen LogP contribution >= 0.6 is 22.9 Å². The topological polar surface area (TPSA) is 29.1 Å². The van der Waals surface area contributed by atoms with Gasteiger partial charge < -0.3 is 5.32 Å². The van der Waals surface area contributed by atoms with Crippen LogP contribution < -0.4 is 5.32 Å². The molecule has 0 bridgehead atoms. The van der Waals surface area contributed by atoms with Gasteiger partial charge in [-0.15, -0.1) is 22.9 Å². The maximum atomic E-state index is 11.5. The highest BCUT2D eigenvalue weighted by Crippen LogP contribution is 2.11. The minimum absolute atomic E-state index is 0.156. The lowest BCUT2D eigenvalue weighted by atomic mass is 10.1. The number of hydrogen-bond donors (Lipinski definition) is 1. The van der Waals surface area contributed by atoms with Crippen molar-refractivity contribution in [3.8, 4) is 0 Å². The smallest absolute Gasteiger partial charge is 0.220 e. The Morgan fingerprint density at radius 1 is 1.59 bits per heavy atom. The first-order valence-electron chi connectivity index (χ1n) is 6.07. The average molecular weight is 274 g/mol. The van der Waals surface area contributed by atoms with Crippen LogP contribution in [0.15, 0.2) is 17.5 Å². The van der Waals surface area contributed by atoms with Crippen LogP contribution in [0.5, 0.6) is 0 Å². The maximum Gasteiger partial charge on any atom is 0.220 e. The Labute approximate surface area is 112 Å². The molecule has 96 valence electrons. The van der Waals surface area contributed by atoms with Crippen LogP contribution in [0.2, 0.25) is 0 Å². The number of carbonyl (C=O) groups excluding carboxylic acids is 1. The highest BCUT2D eigenvalue weighted by atomic mass is 35.5. The normalized spacial score (nSPS) is 12.4. The van der Waals surface area contributed by atoms with Crippen molar-refractivity contribution in [1.82, 2.24) is 5.32 Å². The molecular weight excluding hydrogens is 254 g/mol. The van der Waals surface area contributed by atoms with E-state index in [1.807, 2.05) is 6.07 Å². The van der Waals surface area contributed by atoms with Crippen LogP contribution in [0, 0.1) is 5.92 Å². The van der Waals surface area contributed by atoms with E-state index in [-0.39, 0.29) is 5.91 Å². The van der Waals surface area contributed by atoms with Crippen molar-refractivity contribution in [2.24, 2.45) is 5.92 Å². The van der Waals surface area contributed by atoms with Gasteiger partial charge in [-0.2, -0.15) is 0 Å². The van der Waals surface area contributed by atoms with Crippen LogP contribution in [0.25, 0.3) is 0 Å². The molecule has 1 aromatic rings. The van der Waals surface area contributed by atoms with E-state index >= 15 is 0 Å². The number of amides is 1. The zero-order valence-electron chi connectivity index (χ0n) is 10.2. The summed E-state index contributed by atoms with van der Waals surface area (Å²) in [5.74, 6) is 1.28. The third-order valence-corrected chi connectivity index (χ3v) is 3.81. The zero-order valence-corrected chi connectivity index (χ0v) is 11.8. The minimum atomic E-state index is 0.156. The summed E-state index contributed by atoms with van der Waals surface area (Å²) in [5.41, 5.74) is 0. The van der Waals surface area contributed by atoms with E-state index in [1.54, 1.807) is 11.3 Å². The molecule has 0 fully saturated rings. The molecule has 1 heterocycles. The molecule has 0 aromatic carbocycles. The molecule has 1 aromatic heterocycles. The van der Waals surface area contributed by atoms with E-state index in [2.05, 4.69) is 23.7 Å². The van der Waals surface area contributed by atoms with Gasteiger partial charge in [-0.3, -0.25) is 4.79 Å². The highest BCUT2D eigenvalue weighted by Gasteiger charge is 2.05. The molecule has 1 N–H and O–H groups in total. The maximum absolute atomic E-state index is 11.5. The summed E-state index contributed by atoms with van der Waals surface area (Å²) in [4.78, 5) is 12.9. The SMILES string of the molecule is CC(CCCl)CNC(=O)CCCc1cccs1. The van der Waals surface area contributed by atoms with E-state index in [0.717, 1.165) is 25.8 Å². The number of carbonyl (C=O) groups is 1. The van der Waals surface area contributed by atoms with Crippen LogP contribution in [-0.2, 0) is 11.2 Å². The predicted molar refractivity (Wildman–Crippen MR) is 74.8 cm³/mol. The Bertz CT molecular complexity index is 313. The summed E-state index contributed by atoms with van der Waals surface area (Å²) in [6, 6.07) is 4.17. The predicted octanol–water partition coefficient (Wildman–Crippen LogP) is 3.45. The third-order valence-electron chi connectivity index (χ3n) is 2.66. The number of rotatable bonds is 8. The fraction of sp³-hybridized carbons (Fsp3) is 0.615. The van der Waals surface area contributed by atoms with E-state index in [4.69, 9.17) is 11.6 Å². The first-order chi connectivity index (χ1) is 8.22. The molecule has 0 aliphatic carbocycles. The standard InChI is InChI=1S/C13H20ClNOS/c1-11(7-8-14)10-15-13(16)6-2-4-12-5-3-9-17-12/h3,5,9,11H,2,4,6-8,10H2,1H3,(H,15,16). The van der Waals surface area contributed by atoms with E-state index in [1.165, 1.54) is 4.88 Å². The van der Waals surface area contributed by atoms with Gasteiger partial charge in [0.1, 0.15) is 0 Å². The summed E-state index contributed by atoms with van der Waals surface area (Å²) in [5, 5.41) is 5.03. The second kappa shape index (κ2) is 8.54. The Morgan fingerprint density at radius 2 is 2.41 bits per heavy atom. The number of hydrogen-bond acceptors (Lipinski definition) is 2. The Balaban J connectivity index is 2.05. The number of alkyl halides is 1. The van der Waals surface area contributed by atoms with E-state index in [9.17, 15) is 4.79 Å². The lowest BCUT2D eigenvalue weighted by Gasteiger charge is -2.10. The summed E-state index contributed by atoms with van der Waals surface area (Å²) in [6.07, 6.45) is 3.50. The number of halogens is 1. The van der Waals surface area contributed by atoms with Gasteiger partial charge in [0.15, 0.2) is 0 Å². The Kier molecular flexibility index (Phi) is 7.29. The molecule has 0 spiro atoms.